The van der Waals surface area contributed by atoms with Crippen molar-refractivity contribution in [1.82, 2.24) is 20.4 Å². The smallest absolute Gasteiger partial charge is 0.150 e. The first-order chi connectivity index (χ1) is 7.34. The zero-order chi connectivity index (χ0) is 10.5. The van der Waals surface area contributed by atoms with Crippen molar-refractivity contribution in [1.29, 1.82) is 0 Å². The van der Waals surface area contributed by atoms with Gasteiger partial charge in [-0.3, -0.25) is 9.97 Å². The molecule has 15 heavy (non-hydrogen) atoms. The standard InChI is InChI=1S/C10H12N4O/c1-8-4-10(15-14-8)7-12-6-9-5-11-2-3-13-9/h2-5,12H,6-7H2,1H3. The van der Waals surface area contributed by atoms with E-state index in [-0.39, 0.29) is 0 Å². The summed E-state index contributed by atoms with van der Waals surface area (Å²) >= 11 is 0. The van der Waals surface area contributed by atoms with Crippen molar-refractivity contribution in [3.05, 3.63) is 41.8 Å². The Morgan fingerprint density at radius 1 is 1.33 bits per heavy atom. The highest BCUT2D eigenvalue weighted by Crippen LogP contribution is 2.01. The van der Waals surface area contributed by atoms with Crippen LogP contribution < -0.4 is 5.32 Å². The lowest BCUT2D eigenvalue weighted by atomic mass is 10.3. The maximum atomic E-state index is 5.05. The zero-order valence-corrected chi connectivity index (χ0v) is 8.47. The first kappa shape index (κ1) is 9.79. The molecule has 0 atom stereocenters. The van der Waals surface area contributed by atoms with E-state index in [1.165, 1.54) is 0 Å². The van der Waals surface area contributed by atoms with Crippen LogP contribution >= 0.6 is 0 Å². The van der Waals surface area contributed by atoms with E-state index < -0.39 is 0 Å². The number of aromatic nitrogens is 3. The van der Waals surface area contributed by atoms with Crippen LogP contribution in [0.2, 0.25) is 0 Å². The molecule has 2 aromatic rings. The van der Waals surface area contributed by atoms with Crippen LogP contribution in [0.4, 0.5) is 0 Å². The molecule has 0 radical (unpaired) electrons. The molecule has 0 amide bonds. The third-order valence-electron chi connectivity index (χ3n) is 1.90. The molecule has 2 rings (SSSR count). The minimum atomic E-state index is 0.650. The lowest BCUT2D eigenvalue weighted by Crippen LogP contribution is -2.13. The van der Waals surface area contributed by atoms with Gasteiger partial charge in [0.25, 0.3) is 0 Å². The van der Waals surface area contributed by atoms with E-state index in [1.807, 2.05) is 13.0 Å². The molecule has 0 aliphatic carbocycles. The van der Waals surface area contributed by atoms with Crippen molar-refractivity contribution < 1.29 is 4.52 Å². The number of nitrogens with one attached hydrogen (secondary N) is 1. The van der Waals surface area contributed by atoms with Crippen molar-refractivity contribution in [3.8, 4) is 0 Å². The minimum Gasteiger partial charge on any atom is -0.360 e. The molecule has 0 unspecified atom stereocenters. The lowest BCUT2D eigenvalue weighted by molar-refractivity contribution is 0.369. The minimum absolute atomic E-state index is 0.650. The molecular weight excluding hydrogens is 192 g/mol. The van der Waals surface area contributed by atoms with Gasteiger partial charge in [0.05, 0.1) is 17.9 Å². The Balaban J connectivity index is 1.80. The van der Waals surface area contributed by atoms with E-state index in [2.05, 4.69) is 20.4 Å². The Labute approximate surface area is 87.5 Å². The topological polar surface area (TPSA) is 63.8 Å². The third-order valence-corrected chi connectivity index (χ3v) is 1.90. The first-order valence-corrected chi connectivity index (χ1v) is 4.72. The van der Waals surface area contributed by atoms with Crippen LogP contribution in [0, 0.1) is 6.92 Å². The largest absolute Gasteiger partial charge is 0.360 e. The second-order valence-corrected chi connectivity index (χ2v) is 3.23. The summed E-state index contributed by atoms with van der Waals surface area (Å²) in [5, 5.41) is 6.99. The normalized spacial score (nSPS) is 10.5. The van der Waals surface area contributed by atoms with Crippen LogP contribution in [-0.4, -0.2) is 15.1 Å². The van der Waals surface area contributed by atoms with Gasteiger partial charge in [0, 0.05) is 31.2 Å². The summed E-state index contributed by atoms with van der Waals surface area (Å²) in [6.07, 6.45) is 5.07. The summed E-state index contributed by atoms with van der Waals surface area (Å²) in [5.41, 5.74) is 1.81. The number of rotatable bonds is 4. The van der Waals surface area contributed by atoms with Crippen LogP contribution in [0.15, 0.2) is 29.2 Å². The summed E-state index contributed by atoms with van der Waals surface area (Å²) in [5.74, 6) is 0.830. The first-order valence-electron chi connectivity index (χ1n) is 4.72. The van der Waals surface area contributed by atoms with Gasteiger partial charge >= 0.3 is 0 Å². The van der Waals surface area contributed by atoms with Crippen molar-refractivity contribution in [3.63, 3.8) is 0 Å². The Hall–Kier alpha value is -1.75. The summed E-state index contributed by atoms with van der Waals surface area (Å²) in [4.78, 5) is 8.12. The maximum Gasteiger partial charge on any atom is 0.150 e. The summed E-state index contributed by atoms with van der Waals surface area (Å²) in [6, 6.07) is 1.91. The van der Waals surface area contributed by atoms with Gasteiger partial charge in [-0.1, -0.05) is 5.16 Å². The SMILES string of the molecule is Cc1cc(CNCc2cnccn2)on1. The van der Waals surface area contributed by atoms with Gasteiger partial charge in [0.2, 0.25) is 0 Å². The second kappa shape index (κ2) is 4.65. The number of hydrogen-bond acceptors (Lipinski definition) is 5. The van der Waals surface area contributed by atoms with Crippen molar-refractivity contribution >= 4 is 0 Å². The van der Waals surface area contributed by atoms with Crippen LogP contribution in [0.25, 0.3) is 0 Å². The zero-order valence-electron chi connectivity index (χ0n) is 8.47. The van der Waals surface area contributed by atoms with E-state index in [9.17, 15) is 0 Å². The summed E-state index contributed by atoms with van der Waals surface area (Å²) in [7, 11) is 0. The number of aryl methyl sites for hydroxylation is 1. The monoisotopic (exact) mass is 204 g/mol. The molecular formula is C10H12N4O. The molecule has 0 saturated carbocycles. The quantitative estimate of drug-likeness (QED) is 0.806. The van der Waals surface area contributed by atoms with Gasteiger partial charge < -0.3 is 9.84 Å². The van der Waals surface area contributed by atoms with E-state index in [0.717, 1.165) is 17.1 Å². The van der Waals surface area contributed by atoms with Gasteiger partial charge in [0.15, 0.2) is 5.76 Å². The van der Waals surface area contributed by atoms with Crippen LogP contribution in [0.3, 0.4) is 0 Å². The second-order valence-electron chi connectivity index (χ2n) is 3.23. The molecule has 0 spiro atoms. The predicted octanol–water partition coefficient (Wildman–Crippen LogP) is 1.06. The average Bonchev–Trinajstić information content (AvgIpc) is 2.66. The molecule has 5 heteroatoms. The maximum absolute atomic E-state index is 5.05. The van der Waals surface area contributed by atoms with E-state index >= 15 is 0 Å². The van der Waals surface area contributed by atoms with Crippen LogP contribution in [-0.2, 0) is 13.1 Å². The molecule has 0 fully saturated rings. The van der Waals surface area contributed by atoms with Crippen LogP contribution in [0.1, 0.15) is 17.1 Å². The molecule has 2 heterocycles. The van der Waals surface area contributed by atoms with Gasteiger partial charge in [-0.2, -0.15) is 0 Å². The Kier molecular flexibility index (Phi) is 3.04. The molecule has 0 bridgehead atoms. The van der Waals surface area contributed by atoms with E-state index in [4.69, 9.17) is 4.52 Å². The average molecular weight is 204 g/mol. The highest BCUT2D eigenvalue weighted by atomic mass is 16.5. The molecule has 0 aliphatic heterocycles. The van der Waals surface area contributed by atoms with Gasteiger partial charge in [-0.25, -0.2) is 0 Å². The predicted molar refractivity (Wildman–Crippen MR) is 53.8 cm³/mol. The van der Waals surface area contributed by atoms with E-state index in [1.54, 1.807) is 18.6 Å². The molecule has 0 aliphatic rings. The van der Waals surface area contributed by atoms with E-state index in [0.29, 0.717) is 13.1 Å². The molecule has 2 aromatic heterocycles. The summed E-state index contributed by atoms with van der Waals surface area (Å²) in [6.45, 7) is 3.22. The fraction of sp³-hybridized carbons (Fsp3) is 0.300. The number of hydrogen-bond donors (Lipinski definition) is 1. The highest BCUT2D eigenvalue weighted by Gasteiger charge is 1.99. The van der Waals surface area contributed by atoms with Crippen molar-refractivity contribution in [2.45, 2.75) is 20.0 Å². The molecule has 78 valence electrons. The third kappa shape index (κ3) is 2.85. The van der Waals surface area contributed by atoms with Crippen LogP contribution in [0.5, 0.6) is 0 Å². The highest BCUT2D eigenvalue weighted by molar-refractivity contribution is 5.03. The molecule has 1 N–H and O–H groups in total. The van der Waals surface area contributed by atoms with Crippen molar-refractivity contribution in [2.75, 3.05) is 0 Å². The van der Waals surface area contributed by atoms with Gasteiger partial charge in [0.1, 0.15) is 0 Å². The van der Waals surface area contributed by atoms with Crippen molar-refractivity contribution in [2.24, 2.45) is 0 Å². The fourth-order valence-electron chi connectivity index (χ4n) is 1.23. The Bertz CT molecular complexity index is 412. The van der Waals surface area contributed by atoms with Gasteiger partial charge in [-0.05, 0) is 6.92 Å². The fourth-order valence-corrected chi connectivity index (χ4v) is 1.23. The molecule has 5 nitrogen and oxygen atoms in total. The van der Waals surface area contributed by atoms with Gasteiger partial charge in [-0.15, -0.1) is 0 Å². The Morgan fingerprint density at radius 2 is 2.27 bits per heavy atom. The summed E-state index contributed by atoms with van der Waals surface area (Å²) < 4.78 is 5.05. The Morgan fingerprint density at radius 3 is 2.93 bits per heavy atom. The molecule has 0 aromatic carbocycles. The number of nitrogens with zero attached hydrogens (tertiary/aromatic N) is 3. The lowest BCUT2D eigenvalue weighted by Gasteiger charge is -1.99. The molecule has 0 saturated heterocycles.